The van der Waals surface area contributed by atoms with Crippen LogP contribution in [0, 0.1) is 11.3 Å². The second kappa shape index (κ2) is 10.6. The van der Waals surface area contributed by atoms with E-state index >= 15 is 0 Å². The summed E-state index contributed by atoms with van der Waals surface area (Å²) in [5.41, 5.74) is 0.602. The largest absolute Gasteiger partial charge is 0.384 e. The Kier molecular flexibility index (Phi) is 7.72. The molecule has 1 saturated heterocycles. The standard InChI is InChI=1S/C30H34ClN3O3/c1-20(2)27(33-26(35)16-15-24-14-9-21-7-5-6-8-25(21)32-24)28(36)34-18-17-30(37,29(3,4)19-34)22-10-12-23(31)13-11-22/h5-16,20,27,37H,17-19H2,1-4H3,(H,33,35)/b16-15+/t27-,30+/m1/s1. The van der Waals surface area contributed by atoms with Gasteiger partial charge >= 0.3 is 0 Å². The number of nitrogens with one attached hydrogen (secondary N) is 1. The van der Waals surface area contributed by atoms with Crippen LogP contribution < -0.4 is 5.32 Å². The number of para-hydroxylation sites is 1. The van der Waals surface area contributed by atoms with Gasteiger partial charge in [-0.3, -0.25) is 9.59 Å². The average Bonchev–Trinajstić information content (AvgIpc) is 2.87. The number of pyridine rings is 1. The van der Waals surface area contributed by atoms with Gasteiger partial charge in [0, 0.05) is 35.0 Å². The van der Waals surface area contributed by atoms with Gasteiger partial charge in [-0.2, -0.15) is 0 Å². The zero-order valence-corrected chi connectivity index (χ0v) is 22.5. The van der Waals surface area contributed by atoms with Gasteiger partial charge in [-0.1, -0.05) is 75.7 Å². The number of nitrogens with zero attached hydrogens (tertiary/aromatic N) is 2. The van der Waals surface area contributed by atoms with Crippen LogP contribution >= 0.6 is 11.6 Å². The van der Waals surface area contributed by atoms with Crippen LogP contribution in [0.25, 0.3) is 17.0 Å². The highest BCUT2D eigenvalue weighted by atomic mass is 35.5. The van der Waals surface area contributed by atoms with Crippen LogP contribution in [0.4, 0.5) is 0 Å². The zero-order chi connectivity index (χ0) is 26.8. The molecule has 7 heteroatoms. The van der Waals surface area contributed by atoms with Crippen molar-refractivity contribution in [2.75, 3.05) is 13.1 Å². The van der Waals surface area contributed by atoms with E-state index in [1.54, 1.807) is 23.1 Å². The molecule has 6 nitrogen and oxygen atoms in total. The van der Waals surface area contributed by atoms with E-state index in [2.05, 4.69) is 10.3 Å². The lowest BCUT2D eigenvalue weighted by Gasteiger charge is -2.51. The van der Waals surface area contributed by atoms with E-state index < -0.39 is 17.1 Å². The van der Waals surface area contributed by atoms with Crippen LogP contribution in [-0.2, 0) is 15.2 Å². The van der Waals surface area contributed by atoms with Crippen molar-refractivity contribution in [3.63, 3.8) is 0 Å². The maximum absolute atomic E-state index is 13.6. The first kappa shape index (κ1) is 26.8. The summed E-state index contributed by atoms with van der Waals surface area (Å²) in [5, 5.41) is 16.2. The first-order valence-corrected chi connectivity index (χ1v) is 13.0. The van der Waals surface area contributed by atoms with Gasteiger partial charge in [0.05, 0.1) is 16.8 Å². The molecule has 1 fully saturated rings. The summed E-state index contributed by atoms with van der Waals surface area (Å²) in [6.07, 6.45) is 3.46. The highest BCUT2D eigenvalue weighted by Gasteiger charge is 2.50. The average molecular weight is 520 g/mol. The Hall–Kier alpha value is -3.22. The molecule has 2 amide bonds. The third-order valence-corrected chi connectivity index (χ3v) is 7.59. The van der Waals surface area contributed by atoms with E-state index in [0.717, 1.165) is 16.5 Å². The smallest absolute Gasteiger partial charge is 0.245 e. The van der Waals surface area contributed by atoms with E-state index in [0.29, 0.717) is 30.2 Å². The number of amides is 2. The number of aliphatic hydroxyl groups is 1. The summed E-state index contributed by atoms with van der Waals surface area (Å²) in [6, 6.07) is 18.2. The number of aromatic nitrogens is 1. The van der Waals surface area contributed by atoms with Gasteiger partial charge in [0.15, 0.2) is 0 Å². The van der Waals surface area contributed by atoms with Gasteiger partial charge in [-0.05, 0) is 48.2 Å². The molecule has 0 bridgehead atoms. The predicted octanol–water partition coefficient (Wildman–Crippen LogP) is 5.19. The minimum atomic E-state index is -1.10. The van der Waals surface area contributed by atoms with Crippen molar-refractivity contribution >= 4 is 40.4 Å². The topological polar surface area (TPSA) is 82.5 Å². The highest BCUT2D eigenvalue weighted by molar-refractivity contribution is 6.30. The number of hydrogen-bond acceptors (Lipinski definition) is 4. The molecule has 2 N–H and O–H groups in total. The van der Waals surface area contributed by atoms with Crippen LogP contribution in [0.15, 0.2) is 66.7 Å². The molecule has 0 saturated carbocycles. The molecule has 0 unspecified atom stereocenters. The Morgan fingerprint density at radius 2 is 1.78 bits per heavy atom. The third kappa shape index (κ3) is 5.71. The molecule has 194 valence electrons. The maximum atomic E-state index is 13.6. The zero-order valence-electron chi connectivity index (χ0n) is 21.7. The number of hydrogen-bond donors (Lipinski definition) is 2. The summed E-state index contributed by atoms with van der Waals surface area (Å²) >= 11 is 6.04. The van der Waals surface area contributed by atoms with Crippen LogP contribution in [-0.4, -0.2) is 45.9 Å². The number of piperidine rings is 1. The molecule has 1 aliphatic rings. The van der Waals surface area contributed by atoms with E-state index in [1.165, 1.54) is 6.08 Å². The van der Waals surface area contributed by atoms with Gasteiger partial charge in [0.2, 0.25) is 11.8 Å². The molecule has 0 spiro atoms. The number of rotatable bonds is 6. The fraction of sp³-hybridized carbons (Fsp3) is 0.367. The molecule has 0 radical (unpaired) electrons. The summed E-state index contributed by atoms with van der Waals surface area (Å²) in [6.45, 7) is 8.50. The van der Waals surface area contributed by atoms with Crippen LogP contribution in [0.1, 0.15) is 45.4 Å². The lowest BCUT2D eigenvalue weighted by Crippen LogP contribution is -2.60. The Balaban J connectivity index is 1.44. The molecular weight excluding hydrogens is 486 g/mol. The van der Waals surface area contributed by atoms with E-state index in [-0.39, 0.29) is 17.7 Å². The number of halogens is 1. The Morgan fingerprint density at radius 3 is 2.46 bits per heavy atom. The van der Waals surface area contributed by atoms with Crippen LogP contribution in [0.5, 0.6) is 0 Å². The second-order valence-corrected chi connectivity index (χ2v) is 11.2. The number of benzene rings is 2. The van der Waals surface area contributed by atoms with Gasteiger partial charge in [-0.15, -0.1) is 0 Å². The molecule has 3 aromatic rings. The number of carbonyl (C=O) groups excluding carboxylic acids is 2. The van der Waals surface area contributed by atoms with E-state index in [9.17, 15) is 14.7 Å². The second-order valence-electron chi connectivity index (χ2n) is 10.8. The van der Waals surface area contributed by atoms with Crippen molar-refractivity contribution < 1.29 is 14.7 Å². The first-order valence-electron chi connectivity index (χ1n) is 12.6. The summed E-state index contributed by atoms with van der Waals surface area (Å²) in [5.74, 6) is -0.605. The molecule has 2 heterocycles. The molecule has 0 aliphatic carbocycles. The minimum absolute atomic E-state index is 0.108. The Morgan fingerprint density at radius 1 is 1.08 bits per heavy atom. The van der Waals surface area contributed by atoms with Gasteiger partial charge in [0.25, 0.3) is 0 Å². The summed E-state index contributed by atoms with van der Waals surface area (Å²) in [7, 11) is 0. The normalized spacial score (nSPS) is 20.4. The lowest BCUT2D eigenvalue weighted by molar-refractivity contribution is -0.156. The molecule has 1 aliphatic heterocycles. The molecule has 4 rings (SSSR count). The monoisotopic (exact) mass is 519 g/mol. The SMILES string of the molecule is CC(C)[C@@H](NC(=O)/C=C/c1ccc2ccccc2n1)C(=O)N1CC[C@](O)(c2ccc(Cl)cc2)C(C)(C)C1. The van der Waals surface area contributed by atoms with E-state index in [4.69, 9.17) is 11.6 Å². The van der Waals surface area contributed by atoms with Crippen LogP contribution in [0.3, 0.4) is 0 Å². The molecule has 1 aromatic heterocycles. The summed E-state index contributed by atoms with van der Waals surface area (Å²) < 4.78 is 0. The van der Waals surface area contributed by atoms with Crippen molar-refractivity contribution in [1.82, 2.24) is 15.2 Å². The van der Waals surface area contributed by atoms with Crippen LogP contribution in [0.2, 0.25) is 5.02 Å². The van der Waals surface area contributed by atoms with Crippen molar-refractivity contribution in [2.45, 2.75) is 45.8 Å². The summed E-state index contributed by atoms with van der Waals surface area (Å²) in [4.78, 5) is 32.6. The molecule has 2 aromatic carbocycles. The highest BCUT2D eigenvalue weighted by Crippen LogP contribution is 2.46. The number of carbonyl (C=O) groups is 2. The lowest BCUT2D eigenvalue weighted by atomic mass is 9.66. The molecular formula is C30H34ClN3O3. The van der Waals surface area contributed by atoms with Gasteiger partial charge < -0.3 is 15.3 Å². The van der Waals surface area contributed by atoms with Gasteiger partial charge in [-0.25, -0.2) is 4.98 Å². The third-order valence-electron chi connectivity index (χ3n) is 7.34. The minimum Gasteiger partial charge on any atom is -0.384 e. The van der Waals surface area contributed by atoms with Crippen molar-refractivity contribution in [1.29, 1.82) is 0 Å². The van der Waals surface area contributed by atoms with Crippen molar-refractivity contribution in [3.05, 3.63) is 83.0 Å². The maximum Gasteiger partial charge on any atom is 0.245 e. The number of likely N-dealkylation sites (tertiary alicyclic amines) is 1. The van der Waals surface area contributed by atoms with E-state index in [1.807, 2.05) is 76.2 Å². The number of fused-ring (bicyclic) bond motifs is 1. The van der Waals surface area contributed by atoms with Crippen molar-refractivity contribution in [3.8, 4) is 0 Å². The Bertz CT molecular complexity index is 1320. The Labute approximate surface area is 223 Å². The molecule has 37 heavy (non-hydrogen) atoms. The quantitative estimate of drug-likeness (QED) is 0.439. The molecule has 2 atom stereocenters. The van der Waals surface area contributed by atoms with Crippen molar-refractivity contribution in [2.24, 2.45) is 11.3 Å². The predicted molar refractivity (Wildman–Crippen MR) is 148 cm³/mol. The van der Waals surface area contributed by atoms with Gasteiger partial charge in [0.1, 0.15) is 6.04 Å². The first-order chi connectivity index (χ1) is 17.5. The fourth-order valence-corrected chi connectivity index (χ4v) is 5.14. The fourth-order valence-electron chi connectivity index (χ4n) is 5.02.